The monoisotopic (exact) mass is 364 g/mol. The average molecular weight is 364 g/mol. The molecule has 138 valence electrons. The molecule has 0 heterocycles. The first-order chi connectivity index (χ1) is 12.9. The number of hydrogen-bond acceptors (Lipinski definition) is 5. The van der Waals surface area contributed by atoms with E-state index in [4.69, 9.17) is 5.73 Å². The van der Waals surface area contributed by atoms with E-state index < -0.39 is 5.91 Å². The summed E-state index contributed by atoms with van der Waals surface area (Å²) in [6.07, 6.45) is 1.74. The number of nitrogens with two attached hydrogens (primary N) is 1. The highest BCUT2D eigenvalue weighted by molar-refractivity contribution is 6.01. The van der Waals surface area contributed by atoms with Crippen molar-refractivity contribution in [3.63, 3.8) is 0 Å². The predicted octanol–water partition coefficient (Wildman–Crippen LogP) is 2.09. The van der Waals surface area contributed by atoms with Crippen LogP contribution in [-0.2, 0) is 16.0 Å². The Hall–Kier alpha value is -3.79. The largest absolute Gasteiger partial charge is 0.508 e. The second-order valence-corrected chi connectivity index (χ2v) is 5.81. The smallest absolute Gasteiger partial charge is 0.263 e. The van der Waals surface area contributed by atoms with Crippen molar-refractivity contribution in [1.29, 1.82) is 5.26 Å². The summed E-state index contributed by atoms with van der Waals surface area (Å²) in [5.41, 5.74) is 7.39. The Labute approximate surface area is 157 Å². The Kier molecular flexibility index (Phi) is 6.55. The van der Waals surface area contributed by atoms with Crippen LogP contribution in [0.15, 0.2) is 60.3 Å². The zero-order valence-electron chi connectivity index (χ0n) is 14.8. The second-order valence-electron chi connectivity index (χ2n) is 5.81. The van der Waals surface area contributed by atoms with Gasteiger partial charge in [-0.15, -0.1) is 0 Å². The molecule has 2 aromatic carbocycles. The molecule has 0 bridgehead atoms. The Morgan fingerprint density at radius 3 is 2.56 bits per heavy atom. The molecular formula is C20H20N4O3. The molecule has 4 N–H and O–H groups in total. The molecule has 0 spiro atoms. The number of phenolic OH excluding ortho intramolecular Hbond substituents is 1. The Bertz CT molecular complexity index is 898. The van der Waals surface area contributed by atoms with Crippen LogP contribution in [0.25, 0.3) is 0 Å². The molecule has 0 aromatic heterocycles. The van der Waals surface area contributed by atoms with Gasteiger partial charge in [-0.05, 0) is 42.3 Å². The van der Waals surface area contributed by atoms with Crippen LogP contribution >= 0.6 is 0 Å². The van der Waals surface area contributed by atoms with Gasteiger partial charge in [0.25, 0.3) is 5.91 Å². The van der Waals surface area contributed by atoms with Crippen LogP contribution < -0.4 is 16.0 Å². The van der Waals surface area contributed by atoms with Crippen molar-refractivity contribution in [2.75, 3.05) is 17.2 Å². The molecule has 0 atom stereocenters. The highest BCUT2D eigenvalue weighted by Crippen LogP contribution is 2.19. The number of carbonyl (C=O) groups is 2. The van der Waals surface area contributed by atoms with Gasteiger partial charge in [0.1, 0.15) is 17.4 Å². The van der Waals surface area contributed by atoms with Crippen molar-refractivity contribution in [2.45, 2.75) is 13.3 Å². The van der Waals surface area contributed by atoms with E-state index in [1.54, 1.807) is 48.5 Å². The van der Waals surface area contributed by atoms with Gasteiger partial charge in [-0.25, -0.2) is 0 Å². The lowest BCUT2D eigenvalue weighted by molar-refractivity contribution is -0.117. The summed E-state index contributed by atoms with van der Waals surface area (Å²) in [6, 6.07) is 15.0. The lowest BCUT2D eigenvalue weighted by atomic mass is 10.1. The SMILES string of the molecule is CC(=O)N(/C=C(/C#N)C(=O)NCCc1ccc(O)cc1)c1cccc(N)c1. The molecule has 0 aliphatic heterocycles. The van der Waals surface area contributed by atoms with Crippen LogP contribution in [0.1, 0.15) is 12.5 Å². The van der Waals surface area contributed by atoms with Crippen LogP contribution in [0.2, 0.25) is 0 Å². The van der Waals surface area contributed by atoms with E-state index in [0.29, 0.717) is 24.3 Å². The molecule has 2 amide bonds. The number of nitrogen functional groups attached to an aromatic ring is 1. The summed E-state index contributed by atoms with van der Waals surface area (Å²) in [5.74, 6) is -0.764. The molecule has 27 heavy (non-hydrogen) atoms. The van der Waals surface area contributed by atoms with E-state index in [-0.39, 0.29) is 17.2 Å². The summed E-state index contributed by atoms with van der Waals surface area (Å²) in [5, 5.41) is 21.2. The van der Waals surface area contributed by atoms with Gasteiger partial charge in [-0.2, -0.15) is 5.26 Å². The molecule has 0 fully saturated rings. The number of phenols is 1. The maximum atomic E-state index is 12.3. The van der Waals surface area contributed by atoms with Crippen molar-refractivity contribution in [2.24, 2.45) is 0 Å². The molecule has 7 heteroatoms. The topological polar surface area (TPSA) is 119 Å². The lowest BCUT2D eigenvalue weighted by Crippen LogP contribution is -2.29. The van der Waals surface area contributed by atoms with E-state index in [2.05, 4.69) is 5.32 Å². The molecule has 7 nitrogen and oxygen atoms in total. The van der Waals surface area contributed by atoms with Crippen LogP contribution in [-0.4, -0.2) is 23.5 Å². The minimum Gasteiger partial charge on any atom is -0.508 e. The van der Waals surface area contributed by atoms with E-state index in [9.17, 15) is 20.0 Å². The van der Waals surface area contributed by atoms with E-state index >= 15 is 0 Å². The fourth-order valence-corrected chi connectivity index (χ4v) is 2.37. The van der Waals surface area contributed by atoms with Crippen LogP contribution in [0.5, 0.6) is 5.75 Å². The van der Waals surface area contributed by atoms with Crippen molar-refractivity contribution in [3.05, 3.63) is 65.9 Å². The van der Waals surface area contributed by atoms with Crippen LogP contribution in [0, 0.1) is 11.3 Å². The normalized spacial score (nSPS) is 10.7. The number of aromatic hydroxyl groups is 1. The number of hydrogen-bond donors (Lipinski definition) is 3. The predicted molar refractivity (Wildman–Crippen MR) is 103 cm³/mol. The van der Waals surface area contributed by atoms with E-state index in [1.807, 2.05) is 6.07 Å². The number of rotatable bonds is 6. The quantitative estimate of drug-likeness (QED) is 0.412. The number of anilines is 2. The fraction of sp³-hybridized carbons (Fsp3) is 0.150. The summed E-state index contributed by atoms with van der Waals surface area (Å²) < 4.78 is 0. The molecule has 0 aliphatic rings. The maximum absolute atomic E-state index is 12.3. The van der Waals surface area contributed by atoms with Crippen LogP contribution in [0.4, 0.5) is 11.4 Å². The molecule has 0 unspecified atom stereocenters. The minimum atomic E-state index is -0.577. The Balaban J connectivity index is 2.08. The van der Waals surface area contributed by atoms with E-state index in [1.165, 1.54) is 18.0 Å². The minimum absolute atomic E-state index is 0.170. The molecular weight excluding hydrogens is 344 g/mol. The first-order valence-electron chi connectivity index (χ1n) is 8.24. The zero-order valence-corrected chi connectivity index (χ0v) is 14.8. The maximum Gasteiger partial charge on any atom is 0.263 e. The first-order valence-corrected chi connectivity index (χ1v) is 8.24. The highest BCUT2D eigenvalue weighted by atomic mass is 16.3. The van der Waals surface area contributed by atoms with Gasteiger partial charge in [-0.1, -0.05) is 18.2 Å². The van der Waals surface area contributed by atoms with Gasteiger partial charge < -0.3 is 16.2 Å². The molecule has 0 saturated carbocycles. The number of nitrogens with one attached hydrogen (secondary N) is 1. The number of carbonyl (C=O) groups excluding carboxylic acids is 2. The number of amides is 2. The van der Waals surface area contributed by atoms with E-state index in [0.717, 1.165) is 5.56 Å². The van der Waals surface area contributed by atoms with Gasteiger partial charge in [0.2, 0.25) is 5.91 Å². The van der Waals surface area contributed by atoms with Crippen molar-refractivity contribution in [1.82, 2.24) is 5.32 Å². The third-order valence-corrected chi connectivity index (χ3v) is 3.75. The van der Waals surface area contributed by atoms with Gasteiger partial charge in [0, 0.05) is 25.4 Å². The standard InChI is InChI=1S/C20H20N4O3/c1-14(25)24(18-4-2-3-17(22)11-18)13-16(12-21)20(27)23-10-9-15-5-7-19(26)8-6-15/h2-8,11,13,26H,9-10,22H2,1H3,(H,23,27)/b16-13-. The zero-order chi connectivity index (χ0) is 19.8. The van der Waals surface area contributed by atoms with Crippen molar-refractivity contribution in [3.8, 4) is 11.8 Å². The van der Waals surface area contributed by atoms with Gasteiger partial charge in [0.15, 0.2) is 0 Å². The Morgan fingerprint density at radius 2 is 1.96 bits per heavy atom. The first kappa shape index (κ1) is 19.5. The van der Waals surface area contributed by atoms with Crippen LogP contribution in [0.3, 0.4) is 0 Å². The molecule has 0 aliphatic carbocycles. The summed E-state index contributed by atoms with van der Waals surface area (Å²) in [6.45, 7) is 1.64. The number of nitrogens with zero attached hydrogens (tertiary/aromatic N) is 2. The average Bonchev–Trinajstić information content (AvgIpc) is 2.63. The molecule has 0 radical (unpaired) electrons. The molecule has 2 rings (SSSR count). The lowest BCUT2D eigenvalue weighted by Gasteiger charge is -2.17. The Morgan fingerprint density at radius 1 is 1.26 bits per heavy atom. The molecule has 2 aromatic rings. The second kappa shape index (κ2) is 9.06. The van der Waals surface area contributed by atoms with Gasteiger partial charge in [0.05, 0.1) is 5.69 Å². The highest BCUT2D eigenvalue weighted by Gasteiger charge is 2.15. The fourth-order valence-electron chi connectivity index (χ4n) is 2.37. The van der Waals surface area contributed by atoms with Crippen molar-refractivity contribution < 1.29 is 14.7 Å². The van der Waals surface area contributed by atoms with Gasteiger partial charge >= 0.3 is 0 Å². The summed E-state index contributed by atoms with van der Waals surface area (Å²) in [7, 11) is 0. The van der Waals surface area contributed by atoms with Gasteiger partial charge in [-0.3, -0.25) is 14.5 Å². The number of benzene rings is 2. The third-order valence-electron chi connectivity index (χ3n) is 3.75. The third kappa shape index (κ3) is 5.61. The number of nitriles is 1. The summed E-state index contributed by atoms with van der Waals surface area (Å²) in [4.78, 5) is 25.4. The van der Waals surface area contributed by atoms with Crippen molar-refractivity contribution >= 4 is 23.2 Å². The summed E-state index contributed by atoms with van der Waals surface area (Å²) >= 11 is 0. The molecule has 0 saturated heterocycles.